The molecule has 2 heterocycles. The molecule has 0 amide bonds. The van der Waals surface area contributed by atoms with Crippen LogP contribution >= 0.6 is 0 Å². The van der Waals surface area contributed by atoms with Gasteiger partial charge in [-0.25, -0.2) is 4.79 Å². The maximum Gasteiger partial charge on any atom is 0.336 e. The molecule has 0 saturated carbocycles. The highest BCUT2D eigenvalue weighted by Gasteiger charge is 2.22. The fourth-order valence-corrected chi connectivity index (χ4v) is 5.37. The maximum absolute atomic E-state index is 12.6. The van der Waals surface area contributed by atoms with E-state index in [-0.39, 0.29) is 29.3 Å². The Morgan fingerprint density at radius 2 is 1.84 bits per heavy atom. The van der Waals surface area contributed by atoms with Gasteiger partial charge >= 0.3 is 5.63 Å². The van der Waals surface area contributed by atoms with Gasteiger partial charge in [-0.3, -0.25) is 4.55 Å². The monoisotopic (exact) mass is 536 g/mol. The molecule has 1 unspecified atom stereocenters. The minimum Gasteiger partial charge on any atom is -0.486 e. The van der Waals surface area contributed by atoms with Crippen LogP contribution in [0.2, 0.25) is 0 Å². The zero-order valence-corrected chi connectivity index (χ0v) is 21.7. The van der Waals surface area contributed by atoms with Crippen LogP contribution in [0.15, 0.2) is 80.8 Å². The van der Waals surface area contributed by atoms with Crippen LogP contribution in [0.1, 0.15) is 30.4 Å². The molecule has 1 fully saturated rings. The summed E-state index contributed by atoms with van der Waals surface area (Å²) in [7, 11) is -4.41. The molecule has 38 heavy (non-hydrogen) atoms. The van der Waals surface area contributed by atoms with E-state index in [0.717, 1.165) is 24.0 Å². The van der Waals surface area contributed by atoms with Crippen LogP contribution in [-0.4, -0.2) is 32.5 Å². The molecular formula is C29H28O8S. The first-order valence-electron chi connectivity index (χ1n) is 12.4. The number of rotatable bonds is 8. The Hall–Kier alpha value is -3.66. The summed E-state index contributed by atoms with van der Waals surface area (Å²) in [6.07, 6.45) is 2.35. The fourth-order valence-electron chi connectivity index (χ4n) is 4.63. The number of hydrogen-bond donors (Lipinski definition) is 1. The number of fused-ring (bicyclic) bond motifs is 1. The number of aryl methyl sites for hydroxylation is 1. The highest BCUT2D eigenvalue weighted by Crippen LogP contribution is 2.40. The molecule has 1 N–H and O–H groups in total. The van der Waals surface area contributed by atoms with Gasteiger partial charge in [-0.05, 0) is 54.7 Å². The quantitative estimate of drug-likeness (QED) is 0.231. The molecule has 9 heteroatoms. The second kappa shape index (κ2) is 11.0. The van der Waals surface area contributed by atoms with Crippen LogP contribution in [0.5, 0.6) is 11.5 Å². The van der Waals surface area contributed by atoms with Crippen LogP contribution in [0.3, 0.4) is 0 Å². The summed E-state index contributed by atoms with van der Waals surface area (Å²) in [6, 6.07) is 19.2. The van der Waals surface area contributed by atoms with Crippen molar-refractivity contribution in [3.05, 3.63) is 88.3 Å². The van der Waals surface area contributed by atoms with Gasteiger partial charge in [0.15, 0.2) is 17.6 Å². The van der Waals surface area contributed by atoms with Gasteiger partial charge in [0, 0.05) is 24.3 Å². The Labute approximate surface area is 220 Å². The summed E-state index contributed by atoms with van der Waals surface area (Å²) in [6.45, 7) is 2.46. The van der Waals surface area contributed by atoms with Gasteiger partial charge in [-0.2, -0.15) is 8.42 Å². The molecule has 1 saturated heterocycles. The third-order valence-corrected chi connectivity index (χ3v) is 7.38. The van der Waals surface area contributed by atoms with E-state index in [1.165, 1.54) is 12.1 Å². The second-order valence-electron chi connectivity index (χ2n) is 9.21. The highest BCUT2D eigenvalue weighted by molar-refractivity contribution is 7.85. The molecule has 1 atom stereocenters. The molecule has 0 radical (unpaired) electrons. The first-order valence-corrected chi connectivity index (χ1v) is 13.9. The molecule has 0 aliphatic carbocycles. The van der Waals surface area contributed by atoms with E-state index in [2.05, 4.69) is 0 Å². The minimum atomic E-state index is -4.41. The van der Waals surface area contributed by atoms with Crippen molar-refractivity contribution in [3.8, 4) is 22.6 Å². The van der Waals surface area contributed by atoms with Crippen molar-refractivity contribution in [1.82, 2.24) is 0 Å². The van der Waals surface area contributed by atoms with E-state index < -0.39 is 22.0 Å². The first-order chi connectivity index (χ1) is 18.3. The lowest BCUT2D eigenvalue weighted by atomic mass is 10.0. The van der Waals surface area contributed by atoms with Gasteiger partial charge < -0.3 is 18.6 Å². The minimum absolute atomic E-state index is 0.0340. The van der Waals surface area contributed by atoms with E-state index in [0.29, 0.717) is 35.3 Å². The van der Waals surface area contributed by atoms with E-state index in [1.54, 1.807) is 18.2 Å². The Kier molecular flexibility index (Phi) is 7.51. The van der Waals surface area contributed by atoms with Gasteiger partial charge in [-0.15, -0.1) is 0 Å². The third kappa shape index (κ3) is 5.75. The average Bonchev–Trinajstić information content (AvgIpc) is 2.90. The van der Waals surface area contributed by atoms with Crippen molar-refractivity contribution in [2.24, 2.45) is 0 Å². The topological polar surface area (TPSA) is 112 Å². The van der Waals surface area contributed by atoms with Crippen molar-refractivity contribution >= 4 is 21.1 Å². The van der Waals surface area contributed by atoms with Crippen molar-refractivity contribution < 1.29 is 31.6 Å². The van der Waals surface area contributed by atoms with Gasteiger partial charge in [0.2, 0.25) is 5.75 Å². The summed E-state index contributed by atoms with van der Waals surface area (Å²) in [5.41, 5.74) is 2.47. The number of hydrogen-bond acceptors (Lipinski definition) is 7. The largest absolute Gasteiger partial charge is 0.486 e. The van der Waals surface area contributed by atoms with Crippen LogP contribution in [0, 0.1) is 6.92 Å². The van der Waals surface area contributed by atoms with Gasteiger partial charge in [0.1, 0.15) is 0 Å². The first kappa shape index (κ1) is 26.0. The molecule has 8 nitrogen and oxygen atoms in total. The second-order valence-corrected chi connectivity index (χ2v) is 10.6. The molecule has 4 aromatic rings. The Balaban J connectivity index is 1.55. The van der Waals surface area contributed by atoms with Crippen LogP contribution in [-0.2, 0) is 21.3 Å². The van der Waals surface area contributed by atoms with E-state index in [9.17, 15) is 17.8 Å². The smallest absolute Gasteiger partial charge is 0.336 e. The zero-order chi connectivity index (χ0) is 26.7. The lowest BCUT2D eigenvalue weighted by Crippen LogP contribution is -2.25. The maximum atomic E-state index is 12.6. The van der Waals surface area contributed by atoms with Gasteiger partial charge in [0.25, 0.3) is 10.1 Å². The van der Waals surface area contributed by atoms with Crippen molar-refractivity contribution in [3.63, 3.8) is 0 Å². The Morgan fingerprint density at radius 1 is 1.03 bits per heavy atom. The molecule has 0 spiro atoms. The standard InChI is InChI=1S/C29H28O8S/c1-19-10-13-25(38(31,32)33)21(17-19)14-16-35-29-24(36-27-9-5-6-15-34-27)12-11-22-23(18-26(30)37-28(22)29)20-7-3-2-4-8-20/h2-4,7-8,10-13,17-18,27H,5-6,9,14-16H2,1H3,(H,31,32,33). The van der Waals surface area contributed by atoms with E-state index >= 15 is 0 Å². The van der Waals surface area contributed by atoms with Crippen molar-refractivity contribution in [2.45, 2.75) is 43.8 Å². The molecule has 0 bridgehead atoms. The predicted octanol–water partition coefficient (Wildman–Crippen LogP) is 5.54. The lowest BCUT2D eigenvalue weighted by Gasteiger charge is -2.25. The van der Waals surface area contributed by atoms with E-state index in [1.807, 2.05) is 43.3 Å². The predicted molar refractivity (Wildman–Crippen MR) is 142 cm³/mol. The molecule has 1 aliphatic heterocycles. The lowest BCUT2D eigenvalue weighted by molar-refractivity contribution is -0.106. The van der Waals surface area contributed by atoms with Crippen LogP contribution in [0.4, 0.5) is 0 Å². The fraction of sp³-hybridized carbons (Fsp3) is 0.276. The molecule has 1 aromatic heterocycles. The summed E-state index contributed by atoms with van der Waals surface area (Å²) in [5.74, 6) is 0.588. The summed E-state index contributed by atoms with van der Waals surface area (Å²) in [5, 5.41) is 0.664. The molecule has 198 valence electrons. The summed E-state index contributed by atoms with van der Waals surface area (Å²) < 4.78 is 57.1. The average molecular weight is 537 g/mol. The Morgan fingerprint density at radius 3 is 2.58 bits per heavy atom. The van der Waals surface area contributed by atoms with Crippen LogP contribution < -0.4 is 15.1 Å². The summed E-state index contributed by atoms with van der Waals surface area (Å²) >= 11 is 0. The van der Waals surface area contributed by atoms with Crippen molar-refractivity contribution in [2.75, 3.05) is 13.2 Å². The number of ether oxygens (including phenoxy) is 3. The zero-order valence-electron chi connectivity index (χ0n) is 20.9. The SMILES string of the molecule is Cc1ccc(S(=O)(=O)O)c(CCOc2c(OC3CCCCO3)ccc3c(-c4ccccc4)cc(=O)oc23)c1. The van der Waals surface area contributed by atoms with Gasteiger partial charge in [0.05, 0.1) is 18.1 Å². The highest BCUT2D eigenvalue weighted by atomic mass is 32.2. The number of benzene rings is 3. The molecule has 5 rings (SSSR count). The third-order valence-electron chi connectivity index (χ3n) is 6.42. The van der Waals surface area contributed by atoms with Crippen molar-refractivity contribution in [1.29, 1.82) is 0 Å². The summed E-state index contributed by atoms with van der Waals surface area (Å²) in [4.78, 5) is 12.5. The molecule has 3 aromatic carbocycles. The van der Waals surface area contributed by atoms with Crippen LogP contribution in [0.25, 0.3) is 22.1 Å². The Bertz CT molecular complexity index is 1600. The van der Waals surface area contributed by atoms with E-state index in [4.69, 9.17) is 18.6 Å². The molecule has 1 aliphatic rings. The van der Waals surface area contributed by atoms with Gasteiger partial charge in [-0.1, -0.05) is 48.0 Å². The molecular weight excluding hydrogens is 508 g/mol. The normalized spacial score (nSPS) is 15.9.